The minimum Gasteiger partial charge on any atom is -0.508 e. The number of ether oxygens (including phenoxy) is 2. The average Bonchev–Trinajstić information content (AvgIpc) is 2.89. The van der Waals surface area contributed by atoms with Crippen LogP contribution in [0.3, 0.4) is 0 Å². The topological polar surface area (TPSA) is 76.0 Å². The first kappa shape index (κ1) is 14.8. The largest absolute Gasteiger partial charge is 0.508 e. The first-order chi connectivity index (χ1) is 12.5. The third-order valence-corrected chi connectivity index (χ3v) is 4.83. The summed E-state index contributed by atoms with van der Waals surface area (Å²) in [7, 11) is 0. The van der Waals surface area contributed by atoms with Crippen molar-refractivity contribution in [2.45, 2.75) is 5.60 Å². The highest BCUT2D eigenvalue weighted by Crippen LogP contribution is 2.57. The normalized spacial score (nSPS) is 15.7. The molecule has 0 fully saturated rings. The minimum atomic E-state index is -1.26. The SMILES string of the molecule is [CH]c1cccc2c1C(=O)OC21c2ccc(O)cc2Oc2cc(O)ccc21. The number of carbonyl (C=O) groups is 1. The Morgan fingerprint density at radius 2 is 1.46 bits per heavy atom. The van der Waals surface area contributed by atoms with E-state index >= 15 is 0 Å². The highest BCUT2D eigenvalue weighted by atomic mass is 16.6. The Labute approximate surface area is 149 Å². The van der Waals surface area contributed by atoms with Crippen molar-refractivity contribution in [1.82, 2.24) is 0 Å². The summed E-state index contributed by atoms with van der Waals surface area (Å²) in [6.45, 7) is 6.03. The zero-order valence-corrected chi connectivity index (χ0v) is 13.4. The standard InChI is InChI=1S/C21H12O5/c1-11-3-2-4-16-19(11)20(24)26-21(16)14-7-5-12(22)9-17(14)25-18-10-13(23)6-8-15(18)21/h1-10,22-23H. The van der Waals surface area contributed by atoms with E-state index in [1.165, 1.54) is 24.3 Å². The van der Waals surface area contributed by atoms with Crippen molar-refractivity contribution in [1.29, 1.82) is 0 Å². The summed E-state index contributed by atoms with van der Waals surface area (Å²) in [6.07, 6.45) is 0. The van der Waals surface area contributed by atoms with E-state index in [9.17, 15) is 15.0 Å². The van der Waals surface area contributed by atoms with Gasteiger partial charge in [0.2, 0.25) is 0 Å². The second-order valence-electron chi connectivity index (χ2n) is 6.30. The number of hydrogen-bond acceptors (Lipinski definition) is 5. The van der Waals surface area contributed by atoms with Crippen LogP contribution in [0, 0.1) is 6.92 Å². The average molecular weight is 344 g/mol. The Morgan fingerprint density at radius 3 is 2.08 bits per heavy atom. The van der Waals surface area contributed by atoms with Crippen molar-refractivity contribution in [3.05, 3.63) is 89.3 Å². The quantitative estimate of drug-likeness (QED) is 0.608. The number of phenols is 2. The van der Waals surface area contributed by atoms with Gasteiger partial charge in [-0.1, -0.05) is 18.2 Å². The van der Waals surface area contributed by atoms with Gasteiger partial charge in [-0.3, -0.25) is 0 Å². The summed E-state index contributed by atoms with van der Waals surface area (Å²) in [5.41, 5.74) is 1.14. The molecule has 3 aromatic rings. The molecule has 2 radical (unpaired) electrons. The van der Waals surface area contributed by atoms with Gasteiger partial charge in [0.1, 0.15) is 23.0 Å². The molecule has 0 saturated carbocycles. The molecule has 126 valence electrons. The van der Waals surface area contributed by atoms with Crippen LogP contribution in [-0.2, 0) is 10.3 Å². The lowest BCUT2D eigenvalue weighted by atomic mass is 9.77. The van der Waals surface area contributed by atoms with Gasteiger partial charge in [-0.2, -0.15) is 0 Å². The molecular formula is C21H12O5. The number of benzene rings is 3. The third-order valence-electron chi connectivity index (χ3n) is 4.83. The van der Waals surface area contributed by atoms with Crippen LogP contribution in [0.25, 0.3) is 0 Å². The van der Waals surface area contributed by atoms with Crippen molar-refractivity contribution in [3.8, 4) is 23.0 Å². The number of phenolic OH excluding ortho intramolecular Hbond substituents is 2. The molecule has 26 heavy (non-hydrogen) atoms. The second-order valence-corrected chi connectivity index (χ2v) is 6.30. The van der Waals surface area contributed by atoms with Crippen LogP contribution < -0.4 is 4.74 Å². The Balaban J connectivity index is 1.92. The van der Waals surface area contributed by atoms with Crippen molar-refractivity contribution >= 4 is 5.97 Å². The van der Waals surface area contributed by atoms with E-state index in [1.54, 1.807) is 30.3 Å². The lowest BCUT2D eigenvalue weighted by molar-refractivity contribution is 0.0224. The maximum Gasteiger partial charge on any atom is 0.340 e. The number of hydrogen-bond donors (Lipinski definition) is 2. The van der Waals surface area contributed by atoms with Crippen LogP contribution in [0.2, 0.25) is 0 Å². The van der Waals surface area contributed by atoms with Gasteiger partial charge in [0, 0.05) is 28.8 Å². The van der Waals surface area contributed by atoms with Crippen molar-refractivity contribution < 1.29 is 24.5 Å². The van der Waals surface area contributed by atoms with Gasteiger partial charge >= 0.3 is 5.97 Å². The van der Waals surface area contributed by atoms with Crippen LogP contribution in [-0.4, -0.2) is 16.2 Å². The van der Waals surface area contributed by atoms with Crippen LogP contribution in [0.4, 0.5) is 0 Å². The molecule has 0 aromatic heterocycles. The number of fused-ring (bicyclic) bond motifs is 6. The fourth-order valence-corrected chi connectivity index (χ4v) is 3.77. The van der Waals surface area contributed by atoms with Crippen molar-refractivity contribution in [2.75, 3.05) is 0 Å². The fraction of sp³-hybridized carbons (Fsp3) is 0.0476. The molecule has 2 heterocycles. The van der Waals surface area contributed by atoms with E-state index in [4.69, 9.17) is 16.4 Å². The molecule has 2 aliphatic rings. The van der Waals surface area contributed by atoms with Crippen LogP contribution in [0.15, 0.2) is 54.6 Å². The molecule has 0 saturated heterocycles. The van der Waals surface area contributed by atoms with E-state index in [2.05, 4.69) is 0 Å². The predicted molar refractivity (Wildman–Crippen MR) is 91.4 cm³/mol. The van der Waals surface area contributed by atoms with E-state index in [-0.39, 0.29) is 11.5 Å². The maximum atomic E-state index is 12.7. The summed E-state index contributed by atoms with van der Waals surface area (Å²) >= 11 is 0. The Morgan fingerprint density at radius 1 is 0.846 bits per heavy atom. The summed E-state index contributed by atoms with van der Waals surface area (Å²) in [5.74, 6) is 0.176. The molecule has 0 atom stereocenters. The summed E-state index contributed by atoms with van der Waals surface area (Å²) in [4.78, 5) is 12.7. The summed E-state index contributed by atoms with van der Waals surface area (Å²) < 4.78 is 11.8. The summed E-state index contributed by atoms with van der Waals surface area (Å²) in [5, 5.41) is 19.7. The summed E-state index contributed by atoms with van der Waals surface area (Å²) in [6, 6.07) is 14.4. The lowest BCUT2D eigenvalue weighted by Gasteiger charge is -2.36. The van der Waals surface area contributed by atoms with E-state index < -0.39 is 11.6 Å². The van der Waals surface area contributed by atoms with Gasteiger partial charge in [0.05, 0.1) is 5.56 Å². The highest BCUT2D eigenvalue weighted by Gasteiger charge is 2.54. The van der Waals surface area contributed by atoms with Crippen LogP contribution in [0.1, 0.15) is 32.6 Å². The van der Waals surface area contributed by atoms with Gasteiger partial charge in [-0.15, -0.1) is 0 Å². The molecule has 0 bridgehead atoms. The molecule has 1 spiro atoms. The number of aromatic hydroxyl groups is 2. The second kappa shape index (κ2) is 4.79. The molecular weight excluding hydrogens is 332 g/mol. The number of rotatable bonds is 0. The van der Waals surface area contributed by atoms with Crippen molar-refractivity contribution in [3.63, 3.8) is 0 Å². The Hall–Kier alpha value is -3.47. The first-order valence-corrected chi connectivity index (χ1v) is 7.98. The monoisotopic (exact) mass is 344 g/mol. The molecule has 5 rings (SSSR count). The zero-order chi connectivity index (χ0) is 18.1. The molecule has 2 N–H and O–H groups in total. The van der Waals surface area contributed by atoms with Crippen molar-refractivity contribution in [2.24, 2.45) is 0 Å². The number of esters is 1. The van der Waals surface area contributed by atoms with E-state index in [1.807, 2.05) is 0 Å². The van der Waals surface area contributed by atoms with E-state index in [0.29, 0.717) is 39.3 Å². The van der Waals surface area contributed by atoms with Gasteiger partial charge in [0.25, 0.3) is 0 Å². The number of carbonyl (C=O) groups excluding carboxylic acids is 1. The van der Waals surface area contributed by atoms with Gasteiger partial charge in [-0.25, -0.2) is 4.79 Å². The lowest BCUT2D eigenvalue weighted by Crippen LogP contribution is -2.32. The van der Waals surface area contributed by atoms with Crippen LogP contribution >= 0.6 is 0 Å². The Bertz CT molecular complexity index is 1050. The van der Waals surface area contributed by atoms with Gasteiger partial charge in [0.15, 0.2) is 5.60 Å². The zero-order valence-electron chi connectivity index (χ0n) is 13.4. The Kier molecular flexibility index (Phi) is 2.73. The molecule has 0 amide bonds. The molecule has 0 aliphatic carbocycles. The van der Waals surface area contributed by atoms with Gasteiger partial charge in [-0.05, 0) is 36.8 Å². The smallest absolute Gasteiger partial charge is 0.340 e. The molecule has 3 aromatic carbocycles. The van der Waals surface area contributed by atoms with Gasteiger partial charge < -0.3 is 19.7 Å². The fourth-order valence-electron chi connectivity index (χ4n) is 3.77. The third kappa shape index (κ3) is 1.72. The first-order valence-electron chi connectivity index (χ1n) is 7.98. The maximum absolute atomic E-state index is 12.7. The minimum absolute atomic E-state index is 0.0135. The predicted octanol–water partition coefficient (Wildman–Crippen LogP) is 3.72. The molecule has 5 heteroatoms. The highest BCUT2D eigenvalue weighted by molar-refractivity contribution is 5.98. The molecule has 0 unspecified atom stereocenters. The molecule has 2 aliphatic heterocycles. The molecule has 5 nitrogen and oxygen atoms in total. The van der Waals surface area contributed by atoms with Crippen LogP contribution in [0.5, 0.6) is 23.0 Å². The van der Waals surface area contributed by atoms with E-state index in [0.717, 1.165) is 0 Å².